The average Bonchev–Trinajstić information content (AvgIpc) is 4.28. The van der Waals surface area contributed by atoms with Crippen LogP contribution in [0, 0.1) is 38.4 Å². The van der Waals surface area contributed by atoms with Gasteiger partial charge in [-0.05, 0) is 173 Å². The zero-order chi connectivity index (χ0) is 48.3. The molecular formula is C55H61BrFN9O4. The molecule has 5 N–H and O–H groups in total. The van der Waals surface area contributed by atoms with Crippen LogP contribution >= 0.6 is 15.9 Å². The SMILES string of the molecule is Cc1cc(-n2cnc3c(NCC4CCOCC4)cc(Br)cc32)ccc1C(=O)NC1CC1.Cc1ccc(F)cc1Nc1cc(NCC2CCOCC2)c2ncn(-c3ccc(C(=O)NC4CC4)c(C)c3)c2c1. The molecule has 13 nitrogen and oxygen atoms in total. The van der Waals surface area contributed by atoms with E-state index in [1.54, 1.807) is 6.07 Å². The number of benzene rings is 5. The van der Waals surface area contributed by atoms with Crippen molar-refractivity contribution in [1.82, 2.24) is 29.7 Å². The van der Waals surface area contributed by atoms with E-state index in [9.17, 15) is 14.0 Å². The van der Waals surface area contributed by atoms with Crippen molar-refractivity contribution in [3.63, 3.8) is 0 Å². The highest BCUT2D eigenvalue weighted by atomic mass is 79.9. The number of nitrogens with one attached hydrogen (secondary N) is 5. The third-order valence-electron chi connectivity index (χ3n) is 13.9. The Morgan fingerprint density at radius 2 is 1.10 bits per heavy atom. The van der Waals surface area contributed by atoms with Crippen LogP contribution in [0.3, 0.4) is 0 Å². The van der Waals surface area contributed by atoms with Crippen molar-refractivity contribution in [3.05, 3.63) is 130 Å². The standard InChI is InChI=1S/C31H34FN5O2.C24H27BrN4O2/c1-19-3-4-22(32)14-27(19)35-24-15-28(33-17-21-9-11-39-12-10-21)30-29(16-24)37(18-34-30)25-7-8-26(20(2)13-25)31(38)36-23-5-6-23;1-15-10-19(4-5-20(15)24(30)28-18-2-3-18)29-14-27-23-21(11-17(25)12-22(23)29)26-13-16-6-8-31-9-7-16/h3-4,7-8,13-16,18,21,23,33,35H,5-6,9-12,17H2,1-2H3,(H,36,38);4-5,10-12,14,16,18,26H,2-3,6-9,13H2,1H3,(H,28,30). The molecule has 0 spiro atoms. The molecule has 0 radical (unpaired) electrons. The van der Waals surface area contributed by atoms with Crippen molar-refractivity contribution >= 4 is 72.6 Å². The molecule has 15 heteroatoms. The second-order valence-electron chi connectivity index (χ2n) is 19.4. The van der Waals surface area contributed by atoms with Crippen LogP contribution in [0.4, 0.5) is 27.1 Å². The van der Waals surface area contributed by atoms with Gasteiger partial charge in [0.2, 0.25) is 0 Å². The number of rotatable bonds is 14. The zero-order valence-electron chi connectivity index (χ0n) is 40.0. The number of aryl methyl sites for hydroxylation is 3. The predicted molar refractivity (Wildman–Crippen MR) is 279 cm³/mol. The number of aromatic nitrogens is 4. The molecule has 364 valence electrons. The minimum absolute atomic E-state index is 0.0179. The summed E-state index contributed by atoms with van der Waals surface area (Å²) in [6, 6.07) is 25.5. The van der Waals surface area contributed by atoms with E-state index in [1.807, 2.05) is 80.5 Å². The zero-order valence-corrected chi connectivity index (χ0v) is 41.6. The summed E-state index contributed by atoms with van der Waals surface area (Å²) in [6.45, 7) is 11.0. The van der Waals surface area contributed by atoms with Gasteiger partial charge in [0, 0.05) is 89.9 Å². The average molecular weight is 1010 g/mol. The van der Waals surface area contributed by atoms with E-state index in [0.717, 1.165) is 174 Å². The monoisotopic (exact) mass is 1010 g/mol. The van der Waals surface area contributed by atoms with Crippen LogP contribution < -0.4 is 26.6 Å². The Balaban J connectivity index is 0.000000166. The van der Waals surface area contributed by atoms with Crippen LogP contribution in [-0.2, 0) is 9.47 Å². The first-order valence-corrected chi connectivity index (χ1v) is 25.5. The topological polar surface area (TPSA) is 148 Å². The number of imidazole rings is 2. The smallest absolute Gasteiger partial charge is 0.251 e. The van der Waals surface area contributed by atoms with Gasteiger partial charge in [0.05, 0.1) is 22.4 Å². The van der Waals surface area contributed by atoms with E-state index >= 15 is 0 Å². The Labute approximate surface area is 416 Å². The summed E-state index contributed by atoms with van der Waals surface area (Å²) in [4.78, 5) is 34.6. The normalized spacial score (nSPS) is 16.4. The number of anilines is 4. The fraction of sp³-hybridized carbons (Fsp3) is 0.382. The van der Waals surface area contributed by atoms with Gasteiger partial charge in [0.25, 0.3) is 11.8 Å². The lowest BCUT2D eigenvalue weighted by Gasteiger charge is -2.23. The van der Waals surface area contributed by atoms with Crippen LogP contribution in [0.15, 0.2) is 96.0 Å². The highest BCUT2D eigenvalue weighted by molar-refractivity contribution is 9.10. The minimum atomic E-state index is -0.284. The van der Waals surface area contributed by atoms with Crippen LogP contribution in [0.25, 0.3) is 33.4 Å². The number of amides is 2. The molecule has 2 aromatic heterocycles. The summed E-state index contributed by atoms with van der Waals surface area (Å²) < 4.78 is 30.2. The lowest BCUT2D eigenvalue weighted by atomic mass is 10.0. The van der Waals surface area contributed by atoms with Gasteiger partial charge in [-0.1, -0.05) is 22.0 Å². The third kappa shape index (κ3) is 11.2. The maximum absolute atomic E-state index is 14.0. The molecule has 11 rings (SSSR count). The number of carbonyl (C=O) groups is 2. The molecule has 2 saturated heterocycles. The van der Waals surface area contributed by atoms with Crippen molar-refractivity contribution in [2.45, 2.75) is 84.2 Å². The molecule has 2 aliphatic carbocycles. The molecule has 4 fully saturated rings. The highest BCUT2D eigenvalue weighted by Crippen LogP contribution is 2.34. The molecule has 4 aliphatic rings. The van der Waals surface area contributed by atoms with Gasteiger partial charge in [0.15, 0.2) is 0 Å². The molecule has 2 aliphatic heterocycles. The van der Waals surface area contributed by atoms with Gasteiger partial charge in [-0.3, -0.25) is 18.7 Å². The van der Waals surface area contributed by atoms with E-state index < -0.39 is 0 Å². The maximum atomic E-state index is 14.0. The van der Waals surface area contributed by atoms with E-state index in [-0.39, 0.29) is 17.6 Å². The van der Waals surface area contributed by atoms with Gasteiger partial charge < -0.3 is 36.1 Å². The molecule has 2 amide bonds. The first kappa shape index (κ1) is 47.4. The fourth-order valence-electron chi connectivity index (χ4n) is 9.33. The van der Waals surface area contributed by atoms with Crippen molar-refractivity contribution in [1.29, 1.82) is 0 Å². The lowest BCUT2D eigenvalue weighted by Crippen LogP contribution is -2.26. The quantitative estimate of drug-likeness (QED) is 0.0718. The number of hydrogen-bond acceptors (Lipinski definition) is 9. The van der Waals surface area contributed by atoms with E-state index in [1.165, 1.54) is 12.1 Å². The molecule has 70 heavy (non-hydrogen) atoms. The Morgan fingerprint density at radius 3 is 1.60 bits per heavy atom. The number of ether oxygens (including phenoxy) is 2. The van der Waals surface area contributed by atoms with Crippen LogP contribution in [0.5, 0.6) is 0 Å². The fourth-order valence-corrected chi connectivity index (χ4v) is 9.78. The van der Waals surface area contributed by atoms with Crippen molar-refractivity contribution in [2.75, 3.05) is 55.5 Å². The van der Waals surface area contributed by atoms with Crippen LogP contribution in [0.2, 0.25) is 0 Å². The highest BCUT2D eigenvalue weighted by Gasteiger charge is 2.26. The minimum Gasteiger partial charge on any atom is -0.383 e. The van der Waals surface area contributed by atoms with Crippen molar-refractivity contribution < 1.29 is 23.5 Å². The molecule has 0 atom stereocenters. The second kappa shape index (κ2) is 21.0. The largest absolute Gasteiger partial charge is 0.383 e. The number of fused-ring (bicyclic) bond motifs is 2. The van der Waals surface area contributed by atoms with E-state index in [0.29, 0.717) is 29.5 Å². The van der Waals surface area contributed by atoms with Crippen LogP contribution in [0.1, 0.15) is 88.8 Å². The number of carbonyl (C=O) groups excluding carboxylic acids is 2. The summed E-state index contributed by atoms with van der Waals surface area (Å²) in [7, 11) is 0. The van der Waals surface area contributed by atoms with Gasteiger partial charge >= 0.3 is 0 Å². The first-order valence-electron chi connectivity index (χ1n) is 24.7. The van der Waals surface area contributed by atoms with Crippen LogP contribution in [-0.4, -0.2) is 82.5 Å². The van der Waals surface area contributed by atoms with Gasteiger partial charge in [-0.15, -0.1) is 0 Å². The Bertz CT molecular complexity index is 3040. The molecule has 2 saturated carbocycles. The number of hydrogen-bond donors (Lipinski definition) is 5. The number of nitrogens with zero attached hydrogens (tertiary/aromatic N) is 4. The summed E-state index contributed by atoms with van der Waals surface area (Å²) in [5.41, 5.74) is 13.4. The molecular weight excluding hydrogens is 950 g/mol. The summed E-state index contributed by atoms with van der Waals surface area (Å²) >= 11 is 3.66. The predicted octanol–water partition coefficient (Wildman–Crippen LogP) is 11.1. The van der Waals surface area contributed by atoms with Crippen molar-refractivity contribution in [3.8, 4) is 11.4 Å². The van der Waals surface area contributed by atoms with E-state index in [2.05, 4.69) is 65.3 Å². The summed E-state index contributed by atoms with van der Waals surface area (Å²) in [6.07, 6.45) is 12.2. The maximum Gasteiger partial charge on any atom is 0.251 e. The molecule has 7 aromatic rings. The molecule has 0 unspecified atom stereocenters. The lowest BCUT2D eigenvalue weighted by molar-refractivity contribution is 0.0698. The molecule has 0 bridgehead atoms. The van der Waals surface area contributed by atoms with Gasteiger partial charge in [-0.25, -0.2) is 14.4 Å². The second-order valence-corrected chi connectivity index (χ2v) is 20.3. The molecule has 4 heterocycles. The third-order valence-corrected chi connectivity index (χ3v) is 14.3. The first-order chi connectivity index (χ1) is 34.0. The summed E-state index contributed by atoms with van der Waals surface area (Å²) in [5, 5.41) is 16.8. The van der Waals surface area contributed by atoms with Gasteiger partial charge in [0.1, 0.15) is 29.5 Å². The van der Waals surface area contributed by atoms with E-state index in [4.69, 9.17) is 19.4 Å². The Kier molecular flexibility index (Phi) is 14.2. The van der Waals surface area contributed by atoms with Crippen molar-refractivity contribution in [2.24, 2.45) is 11.8 Å². The Hall–Kier alpha value is -6.29. The van der Waals surface area contributed by atoms with Gasteiger partial charge in [-0.2, -0.15) is 0 Å². The number of halogens is 2. The summed E-state index contributed by atoms with van der Waals surface area (Å²) in [5.74, 6) is 0.878. The molecule has 5 aromatic carbocycles. The Morgan fingerprint density at radius 1 is 0.600 bits per heavy atom.